The third-order valence-electron chi connectivity index (χ3n) is 3.71. The summed E-state index contributed by atoms with van der Waals surface area (Å²) in [6, 6.07) is 6.67. The number of hydrogen-bond acceptors (Lipinski definition) is 2. The molecule has 1 aromatic carbocycles. The molecule has 0 spiro atoms. The molecule has 1 saturated heterocycles. The molecular formula is C15H20FNO. The molecule has 0 aliphatic carbocycles. The molecular weight excluding hydrogens is 229 g/mol. The standard InChI is InChI=1S/C15H20FNO/c1-2-15(18)13-7-9-17(10-8-13)11-12-3-5-14(16)6-4-12/h3-6,13H,2,7-11H2,1H3. The zero-order valence-corrected chi connectivity index (χ0v) is 10.9. The van der Waals surface area contributed by atoms with Gasteiger partial charge in [-0.1, -0.05) is 19.1 Å². The van der Waals surface area contributed by atoms with Gasteiger partial charge in [0.25, 0.3) is 0 Å². The van der Waals surface area contributed by atoms with Gasteiger partial charge in [-0.25, -0.2) is 4.39 Å². The van der Waals surface area contributed by atoms with Gasteiger partial charge in [-0.05, 0) is 43.6 Å². The minimum Gasteiger partial charge on any atom is -0.299 e. The van der Waals surface area contributed by atoms with E-state index in [2.05, 4.69) is 4.90 Å². The molecule has 3 heteroatoms. The minimum atomic E-state index is -0.189. The molecule has 0 N–H and O–H groups in total. The first-order chi connectivity index (χ1) is 8.69. The summed E-state index contributed by atoms with van der Waals surface area (Å²) in [6.45, 7) is 4.72. The maximum absolute atomic E-state index is 12.8. The molecule has 1 aromatic rings. The van der Waals surface area contributed by atoms with Gasteiger partial charge in [0.2, 0.25) is 0 Å². The normalized spacial score (nSPS) is 17.9. The molecule has 1 fully saturated rings. The monoisotopic (exact) mass is 249 g/mol. The summed E-state index contributed by atoms with van der Waals surface area (Å²) in [5.74, 6) is 0.474. The van der Waals surface area contributed by atoms with E-state index in [0.29, 0.717) is 12.2 Å². The van der Waals surface area contributed by atoms with E-state index in [1.165, 1.54) is 12.1 Å². The highest BCUT2D eigenvalue weighted by Gasteiger charge is 2.23. The van der Waals surface area contributed by atoms with Crippen molar-refractivity contribution < 1.29 is 9.18 Å². The highest BCUT2D eigenvalue weighted by atomic mass is 19.1. The molecule has 0 aromatic heterocycles. The van der Waals surface area contributed by atoms with Crippen LogP contribution in [0.5, 0.6) is 0 Å². The summed E-state index contributed by atoms with van der Waals surface area (Å²) in [5, 5.41) is 0. The van der Waals surface area contributed by atoms with Crippen molar-refractivity contribution in [2.45, 2.75) is 32.7 Å². The molecule has 0 unspecified atom stereocenters. The number of likely N-dealkylation sites (tertiary alicyclic amines) is 1. The van der Waals surface area contributed by atoms with Crippen molar-refractivity contribution in [2.75, 3.05) is 13.1 Å². The number of carbonyl (C=O) groups is 1. The number of rotatable bonds is 4. The van der Waals surface area contributed by atoms with Crippen molar-refractivity contribution >= 4 is 5.78 Å². The van der Waals surface area contributed by atoms with Gasteiger partial charge in [0.15, 0.2) is 0 Å². The molecule has 0 saturated carbocycles. The number of halogens is 1. The van der Waals surface area contributed by atoms with Crippen molar-refractivity contribution in [3.05, 3.63) is 35.6 Å². The van der Waals surface area contributed by atoms with Crippen molar-refractivity contribution in [3.8, 4) is 0 Å². The number of Topliss-reactive ketones (excluding diaryl/α,β-unsaturated/α-hetero) is 1. The van der Waals surface area contributed by atoms with Gasteiger partial charge in [-0.2, -0.15) is 0 Å². The SMILES string of the molecule is CCC(=O)C1CCN(Cc2ccc(F)cc2)CC1. The summed E-state index contributed by atoms with van der Waals surface area (Å²) >= 11 is 0. The third-order valence-corrected chi connectivity index (χ3v) is 3.71. The molecule has 98 valence electrons. The van der Waals surface area contributed by atoms with E-state index >= 15 is 0 Å². The smallest absolute Gasteiger partial charge is 0.135 e. The highest BCUT2D eigenvalue weighted by Crippen LogP contribution is 2.20. The lowest BCUT2D eigenvalue weighted by Crippen LogP contribution is -2.35. The molecule has 2 nitrogen and oxygen atoms in total. The van der Waals surface area contributed by atoms with Crippen molar-refractivity contribution in [3.63, 3.8) is 0 Å². The van der Waals surface area contributed by atoms with Crippen LogP contribution in [0.1, 0.15) is 31.7 Å². The number of carbonyl (C=O) groups excluding carboxylic acids is 1. The fraction of sp³-hybridized carbons (Fsp3) is 0.533. The zero-order chi connectivity index (χ0) is 13.0. The predicted octanol–water partition coefficient (Wildman–Crippen LogP) is 3.02. The van der Waals surface area contributed by atoms with Gasteiger partial charge >= 0.3 is 0 Å². The Kier molecular flexibility index (Phi) is 4.48. The van der Waals surface area contributed by atoms with Crippen LogP contribution in [0, 0.1) is 11.7 Å². The molecule has 2 rings (SSSR count). The average molecular weight is 249 g/mol. The van der Waals surface area contributed by atoms with Crippen LogP contribution in [0.25, 0.3) is 0 Å². The van der Waals surface area contributed by atoms with E-state index in [-0.39, 0.29) is 11.7 Å². The second kappa shape index (κ2) is 6.10. The third kappa shape index (κ3) is 3.39. The Morgan fingerprint density at radius 3 is 2.44 bits per heavy atom. The fourth-order valence-corrected chi connectivity index (χ4v) is 2.55. The van der Waals surface area contributed by atoms with Crippen LogP contribution in [-0.4, -0.2) is 23.8 Å². The fourth-order valence-electron chi connectivity index (χ4n) is 2.55. The summed E-state index contributed by atoms with van der Waals surface area (Å²) in [6.07, 6.45) is 2.59. The molecule has 18 heavy (non-hydrogen) atoms. The predicted molar refractivity (Wildman–Crippen MR) is 69.7 cm³/mol. The molecule has 1 aliphatic rings. The molecule has 0 radical (unpaired) electrons. The molecule has 0 bridgehead atoms. The van der Waals surface area contributed by atoms with Crippen LogP contribution in [0.4, 0.5) is 4.39 Å². The van der Waals surface area contributed by atoms with Gasteiger partial charge in [0.1, 0.15) is 11.6 Å². The quantitative estimate of drug-likeness (QED) is 0.817. The number of nitrogens with zero attached hydrogens (tertiary/aromatic N) is 1. The van der Waals surface area contributed by atoms with Gasteiger partial charge in [-0.3, -0.25) is 9.69 Å². The summed E-state index contributed by atoms with van der Waals surface area (Å²) in [4.78, 5) is 13.9. The van der Waals surface area contributed by atoms with E-state index in [4.69, 9.17) is 0 Å². The van der Waals surface area contributed by atoms with Crippen LogP contribution in [0.2, 0.25) is 0 Å². The number of benzene rings is 1. The zero-order valence-electron chi connectivity index (χ0n) is 10.9. The number of ketones is 1. The van der Waals surface area contributed by atoms with Gasteiger partial charge < -0.3 is 0 Å². The first-order valence-electron chi connectivity index (χ1n) is 6.68. The van der Waals surface area contributed by atoms with Crippen molar-refractivity contribution in [1.82, 2.24) is 4.90 Å². The summed E-state index contributed by atoms with van der Waals surface area (Å²) in [5.41, 5.74) is 1.14. The van der Waals surface area contributed by atoms with Gasteiger partial charge in [0.05, 0.1) is 0 Å². The lowest BCUT2D eigenvalue weighted by Gasteiger charge is -2.31. The minimum absolute atomic E-state index is 0.189. The molecule has 0 amide bonds. The van der Waals surface area contributed by atoms with Crippen LogP contribution < -0.4 is 0 Å². The summed E-state index contributed by atoms with van der Waals surface area (Å²) in [7, 11) is 0. The Balaban J connectivity index is 1.83. The lowest BCUT2D eigenvalue weighted by molar-refractivity contribution is -0.124. The Labute approximate surface area is 108 Å². The number of hydrogen-bond donors (Lipinski definition) is 0. The summed E-state index contributed by atoms with van der Waals surface area (Å²) < 4.78 is 12.8. The Bertz CT molecular complexity index is 393. The Hall–Kier alpha value is -1.22. The second-order valence-electron chi connectivity index (χ2n) is 5.00. The number of piperidine rings is 1. The van der Waals surface area contributed by atoms with Crippen LogP contribution in [0.3, 0.4) is 0 Å². The second-order valence-corrected chi connectivity index (χ2v) is 5.00. The Morgan fingerprint density at radius 2 is 1.89 bits per heavy atom. The van der Waals surface area contributed by atoms with Crippen LogP contribution in [-0.2, 0) is 11.3 Å². The van der Waals surface area contributed by atoms with Crippen molar-refractivity contribution in [1.29, 1.82) is 0 Å². The molecule has 1 aliphatic heterocycles. The average Bonchev–Trinajstić information content (AvgIpc) is 2.41. The van der Waals surface area contributed by atoms with Gasteiger partial charge in [-0.15, -0.1) is 0 Å². The van der Waals surface area contributed by atoms with E-state index in [1.807, 2.05) is 19.1 Å². The van der Waals surface area contributed by atoms with Crippen LogP contribution >= 0.6 is 0 Å². The first-order valence-corrected chi connectivity index (χ1v) is 6.68. The van der Waals surface area contributed by atoms with E-state index in [9.17, 15) is 9.18 Å². The topological polar surface area (TPSA) is 20.3 Å². The maximum Gasteiger partial charge on any atom is 0.135 e. The Morgan fingerprint density at radius 1 is 1.28 bits per heavy atom. The first kappa shape index (κ1) is 13.2. The molecule has 0 atom stereocenters. The largest absolute Gasteiger partial charge is 0.299 e. The van der Waals surface area contributed by atoms with Crippen molar-refractivity contribution in [2.24, 2.45) is 5.92 Å². The van der Waals surface area contributed by atoms with Gasteiger partial charge in [0, 0.05) is 18.9 Å². The van der Waals surface area contributed by atoms with Crippen LogP contribution in [0.15, 0.2) is 24.3 Å². The highest BCUT2D eigenvalue weighted by molar-refractivity contribution is 5.80. The van der Waals surface area contributed by atoms with E-state index in [0.717, 1.165) is 38.0 Å². The maximum atomic E-state index is 12.8. The lowest BCUT2D eigenvalue weighted by atomic mass is 9.91. The van der Waals surface area contributed by atoms with E-state index < -0.39 is 0 Å². The molecule has 1 heterocycles. The van der Waals surface area contributed by atoms with E-state index in [1.54, 1.807) is 0 Å².